The maximum atomic E-state index is 13.9. The second-order valence-corrected chi connectivity index (χ2v) is 11.8. The molecule has 208 valence electrons. The molecule has 0 radical (unpaired) electrons. The van der Waals surface area contributed by atoms with Gasteiger partial charge in [-0.1, -0.05) is 31.4 Å². The minimum Gasteiger partial charge on any atom is -0.496 e. The van der Waals surface area contributed by atoms with Crippen LogP contribution in [0.5, 0.6) is 5.75 Å². The molecule has 0 saturated heterocycles. The number of benzene rings is 1. The number of anilines is 1. The van der Waals surface area contributed by atoms with Crippen molar-refractivity contribution in [1.82, 2.24) is 10.3 Å². The zero-order valence-corrected chi connectivity index (χ0v) is 23.6. The van der Waals surface area contributed by atoms with E-state index in [2.05, 4.69) is 30.4 Å². The lowest BCUT2D eigenvalue weighted by Gasteiger charge is -2.35. The second kappa shape index (κ2) is 12.8. The van der Waals surface area contributed by atoms with Crippen LogP contribution in [-0.4, -0.2) is 36.8 Å². The van der Waals surface area contributed by atoms with Crippen molar-refractivity contribution in [2.75, 3.05) is 18.6 Å². The number of aryl methyl sites for hydroxylation is 1. The lowest BCUT2D eigenvalue weighted by atomic mass is 9.78. The summed E-state index contributed by atoms with van der Waals surface area (Å²) in [5.74, 6) is 3.04. The molecule has 1 heterocycles. The van der Waals surface area contributed by atoms with Gasteiger partial charge in [0, 0.05) is 42.7 Å². The summed E-state index contributed by atoms with van der Waals surface area (Å²) in [6.07, 6.45) is 17.5. The maximum absolute atomic E-state index is 13.9. The van der Waals surface area contributed by atoms with E-state index in [0.717, 1.165) is 80.6 Å². The van der Waals surface area contributed by atoms with E-state index in [1.807, 2.05) is 23.2 Å². The fourth-order valence-corrected chi connectivity index (χ4v) is 6.37. The third-order valence-corrected chi connectivity index (χ3v) is 8.96. The Balaban J connectivity index is 1.31. The van der Waals surface area contributed by atoms with Crippen LogP contribution in [0.3, 0.4) is 0 Å². The highest BCUT2D eigenvalue weighted by Gasteiger charge is 2.31. The lowest BCUT2D eigenvalue weighted by molar-refractivity contribution is -0.123. The number of allylic oxidation sites excluding steroid dienone is 1. The number of nitrogens with zero attached hydrogens (tertiary/aromatic N) is 2. The van der Waals surface area contributed by atoms with Crippen LogP contribution in [0, 0.1) is 24.2 Å². The SMILES string of the molecule is COc1ccc(C2CCC(CN(C(=O)C3CCCCC3)c3cc(/C(C=N)=C/NC4CC4)ccn3)CC2)cc1C. The third-order valence-electron chi connectivity index (χ3n) is 8.96. The first-order chi connectivity index (χ1) is 19.1. The molecule has 1 aromatic heterocycles. The van der Waals surface area contributed by atoms with Gasteiger partial charge in [0.2, 0.25) is 5.91 Å². The molecule has 6 nitrogen and oxygen atoms in total. The number of carbonyl (C=O) groups is 1. The predicted octanol–water partition coefficient (Wildman–Crippen LogP) is 7.03. The van der Waals surface area contributed by atoms with Crippen LogP contribution < -0.4 is 15.0 Å². The number of carbonyl (C=O) groups excluding carboxylic acids is 1. The van der Waals surface area contributed by atoms with Crippen molar-refractivity contribution >= 4 is 23.5 Å². The smallest absolute Gasteiger partial charge is 0.231 e. The van der Waals surface area contributed by atoms with Crippen LogP contribution in [-0.2, 0) is 4.79 Å². The summed E-state index contributed by atoms with van der Waals surface area (Å²) in [5, 5.41) is 11.4. The summed E-state index contributed by atoms with van der Waals surface area (Å²) in [4.78, 5) is 20.6. The molecule has 1 amide bonds. The predicted molar refractivity (Wildman–Crippen MR) is 159 cm³/mol. The number of methoxy groups -OCH3 is 1. The number of hydrogen-bond donors (Lipinski definition) is 2. The molecular formula is C33H44N4O2. The number of amides is 1. The van der Waals surface area contributed by atoms with E-state index in [1.54, 1.807) is 13.3 Å². The molecule has 5 rings (SSSR count). The molecule has 3 aliphatic carbocycles. The van der Waals surface area contributed by atoms with E-state index >= 15 is 0 Å². The molecule has 0 unspecified atom stereocenters. The van der Waals surface area contributed by atoms with Crippen LogP contribution in [0.2, 0.25) is 0 Å². The molecular weight excluding hydrogens is 484 g/mol. The highest BCUT2D eigenvalue weighted by atomic mass is 16.5. The molecule has 3 aliphatic rings. The Labute approximate surface area is 233 Å². The van der Waals surface area contributed by atoms with Gasteiger partial charge in [0.05, 0.1) is 7.11 Å². The van der Waals surface area contributed by atoms with Crippen molar-refractivity contribution in [3.05, 3.63) is 59.4 Å². The first kappa shape index (κ1) is 27.4. The lowest BCUT2D eigenvalue weighted by Crippen LogP contribution is -2.41. The van der Waals surface area contributed by atoms with E-state index < -0.39 is 0 Å². The zero-order chi connectivity index (χ0) is 27.2. The number of ether oxygens (including phenoxy) is 1. The van der Waals surface area contributed by atoms with Crippen molar-refractivity contribution in [2.24, 2.45) is 11.8 Å². The van der Waals surface area contributed by atoms with Gasteiger partial charge in [0.1, 0.15) is 11.6 Å². The first-order valence-electron chi connectivity index (χ1n) is 14.9. The topological polar surface area (TPSA) is 78.3 Å². The fraction of sp³-hybridized carbons (Fsp3) is 0.545. The average molecular weight is 529 g/mol. The minimum atomic E-state index is 0.0945. The zero-order valence-electron chi connectivity index (χ0n) is 23.6. The van der Waals surface area contributed by atoms with Crippen LogP contribution in [0.4, 0.5) is 5.82 Å². The van der Waals surface area contributed by atoms with Crippen molar-refractivity contribution in [1.29, 1.82) is 5.41 Å². The molecule has 1 aromatic carbocycles. The summed E-state index contributed by atoms with van der Waals surface area (Å²) < 4.78 is 5.46. The molecule has 3 saturated carbocycles. The molecule has 0 spiro atoms. The monoisotopic (exact) mass is 528 g/mol. The average Bonchev–Trinajstić information content (AvgIpc) is 3.81. The van der Waals surface area contributed by atoms with E-state index in [0.29, 0.717) is 17.9 Å². The van der Waals surface area contributed by atoms with Crippen molar-refractivity contribution < 1.29 is 9.53 Å². The molecule has 3 fully saturated rings. The van der Waals surface area contributed by atoms with Gasteiger partial charge >= 0.3 is 0 Å². The van der Waals surface area contributed by atoms with Gasteiger partial charge in [0.25, 0.3) is 0 Å². The van der Waals surface area contributed by atoms with Gasteiger partial charge in [-0.3, -0.25) is 9.69 Å². The van der Waals surface area contributed by atoms with Crippen LogP contribution in [0.15, 0.2) is 42.7 Å². The first-order valence-corrected chi connectivity index (χ1v) is 14.9. The van der Waals surface area contributed by atoms with E-state index in [4.69, 9.17) is 15.1 Å². The Kier molecular flexibility index (Phi) is 9.00. The quantitative estimate of drug-likeness (QED) is 0.325. The van der Waals surface area contributed by atoms with E-state index in [-0.39, 0.29) is 11.8 Å². The summed E-state index contributed by atoms with van der Waals surface area (Å²) in [5.41, 5.74) is 4.36. The number of pyridine rings is 1. The summed E-state index contributed by atoms with van der Waals surface area (Å²) in [6, 6.07) is 11.1. The van der Waals surface area contributed by atoms with Gasteiger partial charge in [-0.25, -0.2) is 4.98 Å². The fourth-order valence-electron chi connectivity index (χ4n) is 6.37. The van der Waals surface area contributed by atoms with Gasteiger partial charge in [0.15, 0.2) is 0 Å². The van der Waals surface area contributed by atoms with Gasteiger partial charge in [-0.15, -0.1) is 0 Å². The van der Waals surface area contributed by atoms with Crippen LogP contribution >= 0.6 is 0 Å². The highest BCUT2D eigenvalue weighted by molar-refractivity contribution is 6.08. The van der Waals surface area contributed by atoms with E-state index in [9.17, 15) is 4.79 Å². The Morgan fingerprint density at radius 2 is 1.82 bits per heavy atom. The van der Waals surface area contributed by atoms with Gasteiger partial charge in [-0.05, 0) is 105 Å². The molecule has 0 atom stereocenters. The van der Waals surface area contributed by atoms with Gasteiger partial charge < -0.3 is 15.5 Å². The van der Waals surface area contributed by atoms with Gasteiger partial charge in [-0.2, -0.15) is 0 Å². The summed E-state index contributed by atoms with van der Waals surface area (Å²) in [6.45, 7) is 2.84. The molecule has 6 heteroatoms. The molecule has 39 heavy (non-hydrogen) atoms. The Hall–Kier alpha value is -3.15. The maximum Gasteiger partial charge on any atom is 0.231 e. The summed E-state index contributed by atoms with van der Waals surface area (Å²) in [7, 11) is 1.73. The molecule has 2 N–H and O–H groups in total. The minimum absolute atomic E-state index is 0.0945. The van der Waals surface area contributed by atoms with Crippen molar-refractivity contribution in [3.8, 4) is 5.75 Å². The van der Waals surface area contributed by atoms with Crippen molar-refractivity contribution in [2.45, 2.75) is 89.5 Å². The van der Waals surface area contributed by atoms with Crippen LogP contribution in [0.25, 0.3) is 5.57 Å². The normalized spacial score (nSPS) is 22.3. The third kappa shape index (κ3) is 6.90. The largest absolute Gasteiger partial charge is 0.496 e. The highest BCUT2D eigenvalue weighted by Crippen LogP contribution is 2.38. The Morgan fingerprint density at radius 1 is 1.05 bits per heavy atom. The Morgan fingerprint density at radius 3 is 2.49 bits per heavy atom. The van der Waals surface area contributed by atoms with Crippen LogP contribution in [0.1, 0.15) is 93.2 Å². The van der Waals surface area contributed by atoms with E-state index in [1.165, 1.54) is 36.6 Å². The second-order valence-electron chi connectivity index (χ2n) is 11.8. The molecule has 0 aliphatic heterocycles. The number of nitrogens with one attached hydrogen (secondary N) is 2. The number of aromatic nitrogens is 1. The molecule has 2 aromatic rings. The van der Waals surface area contributed by atoms with Crippen molar-refractivity contribution in [3.63, 3.8) is 0 Å². The number of rotatable bonds is 10. The number of hydrogen-bond acceptors (Lipinski definition) is 5. The summed E-state index contributed by atoms with van der Waals surface area (Å²) >= 11 is 0. The standard InChI is InChI=1S/C33H44N4O2/c1-23-18-27(12-15-31(23)39-2)25-10-8-24(9-11-25)22-37(33(38)26-6-4-3-5-7-26)32-19-28(16-17-35-32)29(20-34)21-36-30-13-14-30/h12,15-21,24-26,30,34,36H,3-11,13-14,22H2,1-2H3/b29-21+,34-20?. The Bertz CT molecular complexity index is 1170. The molecule has 0 bridgehead atoms.